The summed E-state index contributed by atoms with van der Waals surface area (Å²) in [7, 11) is 0. The molecule has 9 heteroatoms. The van der Waals surface area contributed by atoms with Crippen LogP contribution in [0.1, 0.15) is 25.7 Å². The molecule has 1 aliphatic heterocycles. The van der Waals surface area contributed by atoms with Gasteiger partial charge in [0.1, 0.15) is 6.20 Å². The fourth-order valence-corrected chi connectivity index (χ4v) is 2.87. The zero-order valence-corrected chi connectivity index (χ0v) is 14.0. The normalized spacial score (nSPS) is 16.6. The van der Waals surface area contributed by atoms with Crippen LogP contribution in [0.4, 0.5) is 28.8 Å². The number of benzene rings is 1. The highest BCUT2D eigenvalue weighted by Gasteiger charge is 2.26. The van der Waals surface area contributed by atoms with Crippen molar-refractivity contribution in [2.75, 3.05) is 22.1 Å². The smallest absolute Gasteiger partial charge is 0.329 e. The standard InChI is InChI=1S/C17H18N6O3/c24-15-2-1-9-22(15)13-7-5-12(6-8-13)20-17-18-10-14(23(25)26)16(21-17)19-11-3-4-11/h5-8,10-11H,1-4,9H2,(H2,18,19,20,21). The molecule has 1 saturated heterocycles. The molecule has 2 heterocycles. The summed E-state index contributed by atoms with van der Waals surface area (Å²) in [5.74, 6) is 0.651. The number of aromatic nitrogens is 2. The zero-order valence-electron chi connectivity index (χ0n) is 14.0. The summed E-state index contributed by atoms with van der Waals surface area (Å²) in [6, 6.07) is 7.63. The van der Waals surface area contributed by atoms with Crippen molar-refractivity contribution in [2.24, 2.45) is 0 Å². The van der Waals surface area contributed by atoms with Gasteiger partial charge >= 0.3 is 5.69 Å². The Labute approximate surface area is 149 Å². The van der Waals surface area contributed by atoms with Crippen LogP contribution in [0.3, 0.4) is 0 Å². The van der Waals surface area contributed by atoms with Crippen LogP contribution in [-0.2, 0) is 4.79 Å². The van der Waals surface area contributed by atoms with Gasteiger partial charge in [-0.3, -0.25) is 14.9 Å². The number of rotatable bonds is 6. The lowest BCUT2D eigenvalue weighted by Crippen LogP contribution is -2.23. The molecule has 0 unspecified atom stereocenters. The number of nitrogens with zero attached hydrogens (tertiary/aromatic N) is 4. The number of hydrogen-bond donors (Lipinski definition) is 2. The molecule has 2 aliphatic rings. The van der Waals surface area contributed by atoms with E-state index in [-0.39, 0.29) is 29.4 Å². The van der Waals surface area contributed by atoms with Gasteiger partial charge in [-0.15, -0.1) is 0 Å². The van der Waals surface area contributed by atoms with Crippen LogP contribution >= 0.6 is 0 Å². The van der Waals surface area contributed by atoms with Crippen LogP contribution in [0.5, 0.6) is 0 Å². The van der Waals surface area contributed by atoms with Gasteiger partial charge in [0.15, 0.2) is 0 Å². The number of carbonyl (C=O) groups is 1. The predicted octanol–water partition coefficient (Wildman–Crippen LogP) is 2.83. The third-order valence-corrected chi connectivity index (χ3v) is 4.39. The van der Waals surface area contributed by atoms with Crippen LogP contribution in [0, 0.1) is 10.1 Å². The Morgan fingerprint density at radius 3 is 2.62 bits per heavy atom. The molecule has 1 saturated carbocycles. The van der Waals surface area contributed by atoms with Crippen LogP contribution in [0.15, 0.2) is 30.5 Å². The molecule has 134 valence electrons. The lowest BCUT2D eigenvalue weighted by molar-refractivity contribution is -0.384. The summed E-state index contributed by atoms with van der Waals surface area (Å²) in [6.45, 7) is 0.743. The summed E-state index contributed by atoms with van der Waals surface area (Å²) in [6.07, 6.45) is 4.65. The van der Waals surface area contributed by atoms with Gasteiger partial charge in [-0.2, -0.15) is 4.98 Å². The summed E-state index contributed by atoms with van der Waals surface area (Å²) in [4.78, 5) is 32.5. The maximum Gasteiger partial charge on any atom is 0.329 e. The van der Waals surface area contributed by atoms with Crippen molar-refractivity contribution >= 4 is 34.7 Å². The highest BCUT2D eigenvalue weighted by atomic mass is 16.6. The Morgan fingerprint density at radius 2 is 2.00 bits per heavy atom. The van der Waals surface area contributed by atoms with Gasteiger partial charge < -0.3 is 15.5 Å². The van der Waals surface area contributed by atoms with E-state index >= 15 is 0 Å². The Kier molecular flexibility index (Phi) is 4.11. The van der Waals surface area contributed by atoms with Crippen LogP contribution in [0.25, 0.3) is 0 Å². The third-order valence-electron chi connectivity index (χ3n) is 4.39. The van der Waals surface area contributed by atoms with E-state index in [1.165, 1.54) is 6.20 Å². The Balaban J connectivity index is 1.51. The van der Waals surface area contributed by atoms with Gasteiger partial charge in [0.05, 0.1) is 4.92 Å². The van der Waals surface area contributed by atoms with Crippen molar-refractivity contribution in [1.29, 1.82) is 0 Å². The molecule has 1 aliphatic carbocycles. The third kappa shape index (κ3) is 3.41. The minimum absolute atomic E-state index is 0.134. The topological polar surface area (TPSA) is 113 Å². The monoisotopic (exact) mass is 354 g/mol. The molecule has 2 aromatic rings. The second-order valence-electron chi connectivity index (χ2n) is 6.42. The molecule has 2 fully saturated rings. The highest BCUT2D eigenvalue weighted by Crippen LogP contribution is 2.30. The molecule has 1 amide bonds. The van der Waals surface area contributed by atoms with E-state index in [4.69, 9.17) is 0 Å². The molecular weight excluding hydrogens is 336 g/mol. The largest absolute Gasteiger partial charge is 0.361 e. The molecule has 9 nitrogen and oxygen atoms in total. The van der Waals surface area contributed by atoms with E-state index in [1.54, 1.807) is 4.90 Å². The zero-order chi connectivity index (χ0) is 18.1. The summed E-state index contributed by atoms with van der Waals surface area (Å²) >= 11 is 0. The SMILES string of the molecule is O=C1CCCN1c1ccc(Nc2ncc([N+](=O)[O-])c(NC3CC3)n2)cc1. The lowest BCUT2D eigenvalue weighted by Gasteiger charge is -2.16. The second kappa shape index (κ2) is 6.58. The molecule has 0 bridgehead atoms. The first-order valence-corrected chi connectivity index (χ1v) is 8.55. The van der Waals surface area contributed by atoms with Gasteiger partial charge in [-0.1, -0.05) is 0 Å². The molecule has 26 heavy (non-hydrogen) atoms. The van der Waals surface area contributed by atoms with E-state index in [9.17, 15) is 14.9 Å². The first-order chi connectivity index (χ1) is 12.6. The fraction of sp³-hybridized carbons (Fsp3) is 0.353. The second-order valence-corrected chi connectivity index (χ2v) is 6.42. The molecule has 0 atom stereocenters. The molecule has 4 rings (SSSR count). The summed E-state index contributed by atoms with van der Waals surface area (Å²) in [5, 5.41) is 17.2. The van der Waals surface area contributed by atoms with E-state index in [0.717, 1.165) is 37.2 Å². The average Bonchev–Trinajstić information content (AvgIpc) is 3.34. The van der Waals surface area contributed by atoms with Gasteiger partial charge in [0.25, 0.3) is 0 Å². The van der Waals surface area contributed by atoms with E-state index in [2.05, 4.69) is 20.6 Å². The minimum Gasteiger partial charge on any atom is -0.361 e. The van der Waals surface area contributed by atoms with Gasteiger partial charge in [0, 0.05) is 30.4 Å². The maximum absolute atomic E-state index is 11.8. The van der Waals surface area contributed by atoms with Crippen molar-refractivity contribution in [3.8, 4) is 0 Å². The van der Waals surface area contributed by atoms with Gasteiger partial charge in [0.2, 0.25) is 17.7 Å². The van der Waals surface area contributed by atoms with Crippen LogP contribution < -0.4 is 15.5 Å². The van der Waals surface area contributed by atoms with Crippen molar-refractivity contribution in [2.45, 2.75) is 31.7 Å². The van der Waals surface area contributed by atoms with E-state index in [0.29, 0.717) is 6.42 Å². The molecule has 1 aromatic heterocycles. The van der Waals surface area contributed by atoms with Crippen molar-refractivity contribution in [3.05, 3.63) is 40.6 Å². The lowest BCUT2D eigenvalue weighted by atomic mass is 10.2. The number of nitro groups is 1. The van der Waals surface area contributed by atoms with E-state index < -0.39 is 4.92 Å². The molecule has 0 spiro atoms. The first kappa shape index (κ1) is 16.2. The number of hydrogen-bond acceptors (Lipinski definition) is 7. The number of amides is 1. The van der Waals surface area contributed by atoms with E-state index in [1.807, 2.05) is 24.3 Å². The van der Waals surface area contributed by atoms with Crippen molar-refractivity contribution in [3.63, 3.8) is 0 Å². The minimum atomic E-state index is -0.490. The van der Waals surface area contributed by atoms with Crippen molar-refractivity contribution in [1.82, 2.24) is 9.97 Å². The Morgan fingerprint density at radius 1 is 1.23 bits per heavy atom. The number of nitrogens with one attached hydrogen (secondary N) is 2. The average molecular weight is 354 g/mol. The fourth-order valence-electron chi connectivity index (χ4n) is 2.87. The van der Waals surface area contributed by atoms with Crippen LogP contribution in [-0.4, -0.2) is 33.4 Å². The van der Waals surface area contributed by atoms with Gasteiger partial charge in [-0.05, 0) is 43.5 Å². The van der Waals surface area contributed by atoms with Crippen LogP contribution in [0.2, 0.25) is 0 Å². The molecule has 0 radical (unpaired) electrons. The predicted molar refractivity (Wildman–Crippen MR) is 96.6 cm³/mol. The molecular formula is C17H18N6O3. The summed E-state index contributed by atoms with van der Waals surface area (Å²) < 4.78 is 0. The highest BCUT2D eigenvalue weighted by molar-refractivity contribution is 5.95. The van der Waals surface area contributed by atoms with Crippen molar-refractivity contribution < 1.29 is 9.72 Å². The maximum atomic E-state index is 11.8. The molecule has 2 N–H and O–H groups in total. The quantitative estimate of drug-likeness (QED) is 0.605. The Hall–Kier alpha value is -3.23. The number of anilines is 4. The first-order valence-electron chi connectivity index (χ1n) is 8.55. The van der Waals surface area contributed by atoms with Gasteiger partial charge in [-0.25, -0.2) is 4.98 Å². The summed E-state index contributed by atoms with van der Waals surface area (Å²) in [5.41, 5.74) is 1.47. The molecule has 1 aromatic carbocycles. The number of carbonyl (C=O) groups excluding carboxylic acids is 1. The Bertz CT molecular complexity index is 850.